The van der Waals surface area contributed by atoms with E-state index in [9.17, 15) is 4.79 Å². The minimum absolute atomic E-state index is 0.0453. The summed E-state index contributed by atoms with van der Waals surface area (Å²) in [6.07, 6.45) is 9.09. The highest BCUT2D eigenvalue weighted by molar-refractivity contribution is 5.92. The van der Waals surface area contributed by atoms with Crippen LogP contribution in [0.4, 0.5) is 5.82 Å². The van der Waals surface area contributed by atoms with Crippen LogP contribution < -0.4 is 4.90 Å². The van der Waals surface area contributed by atoms with Gasteiger partial charge in [0.2, 0.25) is 0 Å². The molecule has 1 fully saturated rings. The average molecular weight is 350 g/mol. The molecule has 1 atom stereocenters. The Morgan fingerprint density at radius 1 is 1.27 bits per heavy atom. The predicted octanol–water partition coefficient (Wildman–Crippen LogP) is 2.48. The van der Waals surface area contributed by atoms with Gasteiger partial charge < -0.3 is 14.2 Å². The number of hydrogen-bond acceptors (Lipinski definition) is 5. The van der Waals surface area contributed by atoms with Crippen LogP contribution in [0, 0.1) is 6.92 Å². The van der Waals surface area contributed by atoms with Crippen LogP contribution >= 0.6 is 0 Å². The van der Waals surface area contributed by atoms with Crippen molar-refractivity contribution >= 4 is 17.2 Å². The lowest BCUT2D eigenvalue weighted by atomic mass is 10.1. The van der Waals surface area contributed by atoms with Gasteiger partial charge in [-0.15, -0.1) is 0 Å². The van der Waals surface area contributed by atoms with E-state index in [1.54, 1.807) is 12.4 Å². The quantitative estimate of drug-likeness (QED) is 0.726. The molecule has 26 heavy (non-hydrogen) atoms. The monoisotopic (exact) mass is 350 g/mol. The maximum absolute atomic E-state index is 13.0. The molecule has 3 aromatic rings. The summed E-state index contributed by atoms with van der Waals surface area (Å²) in [5.41, 5.74) is 3.15. The lowest BCUT2D eigenvalue weighted by Gasteiger charge is -2.25. The molecule has 134 valence electrons. The standard InChI is InChI=1S/C19H22N6O/c1-13-10-21-14(11-20-13)19(26)25-9-5-6-16(25)15-12-24-8-4-7-17(24)18(22-15)23(2)3/h4,7-8,10-12,16H,5-6,9H2,1-3H3/t16-/m1/s1. The second-order valence-corrected chi connectivity index (χ2v) is 6.88. The molecular weight excluding hydrogens is 328 g/mol. The van der Waals surface area contributed by atoms with Crippen LogP contribution in [0.2, 0.25) is 0 Å². The van der Waals surface area contributed by atoms with Crippen molar-refractivity contribution in [3.8, 4) is 0 Å². The molecule has 0 aliphatic carbocycles. The molecule has 0 N–H and O–H groups in total. The van der Waals surface area contributed by atoms with E-state index in [2.05, 4.69) is 14.4 Å². The Bertz CT molecular complexity index is 946. The number of anilines is 1. The normalized spacial score (nSPS) is 17.0. The number of amides is 1. The summed E-state index contributed by atoms with van der Waals surface area (Å²) in [4.78, 5) is 30.2. The largest absolute Gasteiger partial charge is 0.361 e. The molecule has 0 unspecified atom stereocenters. The van der Waals surface area contributed by atoms with Gasteiger partial charge in [-0.05, 0) is 31.9 Å². The van der Waals surface area contributed by atoms with Gasteiger partial charge in [0.15, 0.2) is 5.82 Å². The Kier molecular flexibility index (Phi) is 4.06. The summed E-state index contributed by atoms with van der Waals surface area (Å²) in [5, 5.41) is 0. The van der Waals surface area contributed by atoms with Crippen LogP contribution in [0.1, 0.15) is 40.8 Å². The van der Waals surface area contributed by atoms with Gasteiger partial charge in [-0.25, -0.2) is 9.97 Å². The summed E-state index contributed by atoms with van der Waals surface area (Å²) in [5.74, 6) is 0.822. The fourth-order valence-electron chi connectivity index (χ4n) is 3.50. The van der Waals surface area contributed by atoms with Crippen molar-refractivity contribution < 1.29 is 4.79 Å². The molecule has 3 aromatic heterocycles. The van der Waals surface area contributed by atoms with Crippen LogP contribution in [0.3, 0.4) is 0 Å². The molecule has 4 heterocycles. The van der Waals surface area contributed by atoms with Crippen LogP contribution in [-0.4, -0.2) is 50.8 Å². The number of hydrogen-bond donors (Lipinski definition) is 0. The molecule has 0 radical (unpaired) electrons. The zero-order valence-electron chi connectivity index (χ0n) is 15.3. The first-order valence-electron chi connectivity index (χ1n) is 8.79. The highest BCUT2D eigenvalue weighted by Gasteiger charge is 2.33. The molecule has 0 saturated carbocycles. The molecule has 7 heteroatoms. The van der Waals surface area contributed by atoms with E-state index in [-0.39, 0.29) is 11.9 Å². The molecule has 1 aliphatic rings. The summed E-state index contributed by atoms with van der Waals surface area (Å²) >= 11 is 0. The molecular formula is C19H22N6O. The summed E-state index contributed by atoms with van der Waals surface area (Å²) in [6.45, 7) is 2.57. The van der Waals surface area contributed by atoms with Crippen molar-refractivity contribution in [2.45, 2.75) is 25.8 Å². The van der Waals surface area contributed by atoms with Gasteiger partial charge >= 0.3 is 0 Å². The van der Waals surface area contributed by atoms with Crippen molar-refractivity contribution in [2.24, 2.45) is 0 Å². The number of aryl methyl sites for hydroxylation is 1. The third-order valence-corrected chi connectivity index (χ3v) is 4.79. The van der Waals surface area contributed by atoms with Gasteiger partial charge in [0.05, 0.1) is 29.1 Å². The molecule has 4 rings (SSSR count). The number of rotatable bonds is 3. The number of carbonyl (C=O) groups is 1. The number of carbonyl (C=O) groups excluding carboxylic acids is 1. The lowest BCUT2D eigenvalue weighted by molar-refractivity contribution is 0.0726. The maximum Gasteiger partial charge on any atom is 0.274 e. The first kappa shape index (κ1) is 16.5. The van der Waals surface area contributed by atoms with Gasteiger partial charge in [0, 0.05) is 39.2 Å². The third-order valence-electron chi connectivity index (χ3n) is 4.79. The van der Waals surface area contributed by atoms with E-state index in [0.29, 0.717) is 12.2 Å². The Labute approximate surface area is 152 Å². The van der Waals surface area contributed by atoms with E-state index in [1.165, 1.54) is 0 Å². The zero-order valence-corrected chi connectivity index (χ0v) is 15.3. The van der Waals surface area contributed by atoms with Crippen molar-refractivity contribution in [1.29, 1.82) is 0 Å². The summed E-state index contributed by atoms with van der Waals surface area (Å²) < 4.78 is 2.07. The van der Waals surface area contributed by atoms with E-state index in [0.717, 1.165) is 35.6 Å². The molecule has 0 aromatic carbocycles. The predicted molar refractivity (Wildman–Crippen MR) is 99.3 cm³/mol. The SMILES string of the molecule is Cc1cnc(C(=O)N2CCC[C@@H]2c2cn3cccc3c(N(C)C)n2)cn1. The molecule has 0 bridgehead atoms. The Hall–Kier alpha value is -2.96. The smallest absolute Gasteiger partial charge is 0.274 e. The fourth-order valence-corrected chi connectivity index (χ4v) is 3.50. The number of aromatic nitrogens is 4. The second kappa shape index (κ2) is 6.40. The van der Waals surface area contributed by atoms with Crippen LogP contribution in [-0.2, 0) is 0 Å². The highest BCUT2D eigenvalue weighted by atomic mass is 16.2. The molecule has 0 spiro atoms. The Morgan fingerprint density at radius 2 is 2.12 bits per heavy atom. The minimum atomic E-state index is -0.0826. The highest BCUT2D eigenvalue weighted by Crippen LogP contribution is 2.33. The number of fused-ring (bicyclic) bond motifs is 1. The van der Waals surface area contributed by atoms with E-state index in [1.807, 2.05) is 55.3 Å². The number of likely N-dealkylation sites (tertiary alicyclic amines) is 1. The van der Waals surface area contributed by atoms with Gasteiger partial charge in [-0.2, -0.15) is 0 Å². The van der Waals surface area contributed by atoms with Gasteiger partial charge in [0.1, 0.15) is 5.69 Å². The van der Waals surface area contributed by atoms with Crippen LogP contribution in [0.15, 0.2) is 36.9 Å². The summed E-state index contributed by atoms with van der Waals surface area (Å²) in [6, 6.07) is 4.01. The van der Waals surface area contributed by atoms with Gasteiger partial charge in [-0.1, -0.05) is 0 Å². The molecule has 7 nitrogen and oxygen atoms in total. The van der Waals surface area contributed by atoms with E-state index >= 15 is 0 Å². The Morgan fingerprint density at radius 3 is 2.85 bits per heavy atom. The maximum atomic E-state index is 13.0. The molecule has 1 saturated heterocycles. The molecule has 1 aliphatic heterocycles. The fraction of sp³-hybridized carbons (Fsp3) is 0.368. The first-order chi connectivity index (χ1) is 12.5. The van der Waals surface area contributed by atoms with Crippen molar-refractivity contribution in [3.63, 3.8) is 0 Å². The van der Waals surface area contributed by atoms with E-state index < -0.39 is 0 Å². The van der Waals surface area contributed by atoms with Crippen LogP contribution in [0.5, 0.6) is 0 Å². The number of nitrogens with zero attached hydrogens (tertiary/aromatic N) is 6. The zero-order chi connectivity index (χ0) is 18.3. The Balaban J connectivity index is 1.71. The average Bonchev–Trinajstić information content (AvgIpc) is 3.29. The van der Waals surface area contributed by atoms with Crippen molar-refractivity contribution in [3.05, 3.63) is 54.0 Å². The van der Waals surface area contributed by atoms with Crippen molar-refractivity contribution in [1.82, 2.24) is 24.3 Å². The second-order valence-electron chi connectivity index (χ2n) is 6.88. The van der Waals surface area contributed by atoms with Gasteiger partial charge in [-0.3, -0.25) is 9.78 Å². The van der Waals surface area contributed by atoms with Crippen molar-refractivity contribution in [2.75, 3.05) is 25.5 Å². The minimum Gasteiger partial charge on any atom is -0.361 e. The lowest BCUT2D eigenvalue weighted by Crippen LogP contribution is -2.32. The molecule has 1 amide bonds. The summed E-state index contributed by atoms with van der Waals surface area (Å²) in [7, 11) is 3.97. The first-order valence-corrected chi connectivity index (χ1v) is 8.79. The van der Waals surface area contributed by atoms with Gasteiger partial charge in [0.25, 0.3) is 5.91 Å². The van der Waals surface area contributed by atoms with Crippen LogP contribution in [0.25, 0.3) is 5.52 Å². The van der Waals surface area contributed by atoms with E-state index in [4.69, 9.17) is 4.98 Å². The third kappa shape index (κ3) is 2.79. The topological polar surface area (TPSA) is 66.6 Å².